The van der Waals surface area contributed by atoms with Crippen LogP contribution >= 0.6 is 11.3 Å². The summed E-state index contributed by atoms with van der Waals surface area (Å²) in [6, 6.07) is 43.0. The lowest BCUT2D eigenvalue weighted by Gasteiger charge is -2.16. The zero-order chi connectivity index (χ0) is 31.6. The first kappa shape index (κ1) is 27.2. The van der Waals surface area contributed by atoms with Gasteiger partial charge in [-0.3, -0.25) is 9.97 Å². The third-order valence-electron chi connectivity index (χ3n) is 9.54. The standard InChI is InChI=1S/C43H28N4S/c1-2-12-27(13-3-1)28-20-21-39-33(24-28)41-31-15-5-4-14-30(31)40-32-16-6-7-19-38(32)47(42(40)43(41)48-39)29-25-36(34-17-8-10-22-44-34)46-37(26-29)35-18-9-11-23-45-35/h1-6,8-18,20-26H,7,19H2. The number of hydrogen-bond donors (Lipinski definition) is 0. The van der Waals surface area contributed by atoms with E-state index in [1.165, 1.54) is 64.2 Å². The summed E-state index contributed by atoms with van der Waals surface area (Å²) in [6.45, 7) is 0. The van der Waals surface area contributed by atoms with Crippen LogP contribution in [0.1, 0.15) is 17.7 Å². The van der Waals surface area contributed by atoms with Crippen LogP contribution in [0.5, 0.6) is 0 Å². The third-order valence-corrected chi connectivity index (χ3v) is 10.7. The topological polar surface area (TPSA) is 43.6 Å². The normalized spacial score (nSPS) is 12.8. The lowest BCUT2D eigenvalue weighted by molar-refractivity contribution is 0.889. The summed E-state index contributed by atoms with van der Waals surface area (Å²) in [4.78, 5) is 14.5. The molecule has 9 aromatic rings. The van der Waals surface area contributed by atoms with Crippen molar-refractivity contribution in [3.05, 3.63) is 151 Å². The molecule has 1 aliphatic carbocycles. The molecule has 0 radical (unpaired) electrons. The fraction of sp³-hybridized carbons (Fsp3) is 0.0465. The molecule has 0 fully saturated rings. The molecule has 0 saturated heterocycles. The van der Waals surface area contributed by atoms with Crippen molar-refractivity contribution in [2.45, 2.75) is 12.8 Å². The van der Waals surface area contributed by atoms with Crippen molar-refractivity contribution in [3.63, 3.8) is 0 Å². The van der Waals surface area contributed by atoms with Gasteiger partial charge in [-0.2, -0.15) is 0 Å². The van der Waals surface area contributed by atoms with E-state index < -0.39 is 0 Å². The molecule has 48 heavy (non-hydrogen) atoms. The second kappa shape index (κ2) is 10.8. The predicted octanol–water partition coefficient (Wildman–Crippen LogP) is 11.3. The lowest BCUT2D eigenvalue weighted by atomic mass is 9.95. The number of aromatic nitrogens is 4. The van der Waals surface area contributed by atoms with Crippen molar-refractivity contribution in [2.24, 2.45) is 0 Å². The number of nitrogens with zero attached hydrogens (tertiary/aromatic N) is 4. The molecule has 0 saturated carbocycles. The lowest BCUT2D eigenvalue weighted by Crippen LogP contribution is -2.05. The van der Waals surface area contributed by atoms with Crippen molar-refractivity contribution in [2.75, 3.05) is 0 Å². The number of hydrogen-bond acceptors (Lipinski definition) is 4. The number of rotatable bonds is 4. The van der Waals surface area contributed by atoms with Crippen molar-refractivity contribution >= 4 is 59.3 Å². The summed E-state index contributed by atoms with van der Waals surface area (Å²) in [5, 5.41) is 6.52. The molecule has 0 aliphatic heterocycles. The molecular weight excluding hydrogens is 605 g/mol. The molecule has 4 aromatic carbocycles. The van der Waals surface area contributed by atoms with E-state index in [0.29, 0.717) is 0 Å². The van der Waals surface area contributed by atoms with Gasteiger partial charge < -0.3 is 4.57 Å². The molecule has 1 aliphatic rings. The summed E-state index contributed by atoms with van der Waals surface area (Å²) in [5.41, 5.74) is 10.8. The first-order chi connectivity index (χ1) is 23.8. The summed E-state index contributed by atoms with van der Waals surface area (Å²) < 4.78 is 5.13. The van der Waals surface area contributed by atoms with Gasteiger partial charge in [0.15, 0.2) is 0 Å². The van der Waals surface area contributed by atoms with E-state index in [-0.39, 0.29) is 0 Å². The minimum atomic E-state index is 0.830. The first-order valence-electron chi connectivity index (χ1n) is 16.3. The van der Waals surface area contributed by atoms with Gasteiger partial charge in [-0.15, -0.1) is 11.3 Å². The Balaban J connectivity index is 1.36. The molecule has 0 spiro atoms. The SMILES string of the molecule is C1=Cc2c(n(-c3cc(-c4ccccn4)nc(-c4ccccn4)c3)c3c4sc5ccc(-c6ccccc6)cc5c4c4ccccc4c23)CC1. The molecule has 0 atom stereocenters. The van der Waals surface area contributed by atoms with Crippen LogP contribution < -0.4 is 0 Å². The molecule has 0 N–H and O–H groups in total. The maximum atomic E-state index is 5.11. The first-order valence-corrected chi connectivity index (χ1v) is 17.1. The Morgan fingerprint density at radius 3 is 1.98 bits per heavy atom. The van der Waals surface area contributed by atoms with Crippen molar-refractivity contribution in [3.8, 4) is 39.6 Å². The zero-order valence-electron chi connectivity index (χ0n) is 26.0. The van der Waals surface area contributed by atoms with Gasteiger partial charge in [0.2, 0.25) is 0 Å². The molecule has 0 amide bonds. The van der Waals surface area contributed by atoms with Gasteiger partial charge in [0.25, 0.3) is 0 Å². The van der Waals surface area contributed by atoms with Crippen LogP contribution in [0.25, 0.3) is 87.5 Å². The smallest absolute Gasteiger partial charge is 0.0915 e. The van der Waals surface area contributed by atoms with E-state index in [1.54, 1.807) is 0 Å². The highest BCUT2D eigenvalue weighted by atomic mass is 32.1. The van der Waals surface area contributed by atoms with Gasteiger partial charge in [-0.05, 0) is 83.3 Å². The molecule has 10 rings (SSSR count). The fourth-order valence-corrected chi connectivity index (χ4v) is 8.70. The van der Waals surface area contributed by atoms with Gasteiger partial charge >= 0.3 is 0 Å². The average molecular weight is 633 g/mol. The molecule has 0 bridgehead atoms. The van der Waals surface area contributed by atoms with Crippen molar-refractivity contribution < 1.29 is 0 Å². The van der Waals surface area contributed by atoms with Crippen LogP contribution in [0.3, 0.4) is 0 Å². The number of allylic oxidation sites excluding steroid dienone is 1. The van der Waals surface area contributed by atoms with E-state index in [2.05, 4.69) is 102 Å². The Kier molecular flexibility index (Phi) is 6.14. The van der Waals surface area contributed by atoms with Crippen LogP contribution in [0, 0.1) is 0 Å². The van der Waals surface area contributed by atoms with E-state index >= 15 is 0 Å². The molecule has 5 heteroatoms. The van der Waals surface area contributed by atoms with Crippen LogP contribution in [-0.2, 0) is 6.42 Å². The number of pyridine rings is 3. The minimum absolute atomic E-state index is 0.830. The molecule has 5 aromatic heterocycles. The molecule has 5 heterocycles. The Labute approximate surface area is 281 Å². The number of thiophene rings is 1. The second-order valence-electron chi connectivity index (χ2n) is 12.3. The Bertz CT molecular complexity index is 2650. The average Bonchev–Trinajstić information content (AvgIpc) is 3.72. The van der Waals surface area contributed by atoms with Crippen molar-refractivity contribution in [1.29, 1.82) is 0 Å². The molecular formula is C43H28N4S. The fourth-order valence-electron chi connectivity index (χ4n) is 7.46. The Hall–Kier alpha value is -5.91. The van der Waals surface area contributed by atoms with Crippen LogP contribution in [-0.4, -0.2) is 19.5 Å². The maximum absolute atomic E-state index is 5.11. The third kappa shape index (κ3) is 4.18. The maximum Gasteiger partial charge on any atom is 0.0915 e. The van der Waals surface area contributed by atoms with Gasteiger partial charge in [-0.1, -0.05) is 84.9 Å². The Morgan fingerprint density at radius 1 is 0.583 bits per heavy atom. The summed E-state index contributed by atoms with van der Waals surface area (Å²) in [7, 11) is 0. The summed E-state index contributed by atoms with van der Waals surface area (Å²) >= 11 is 1.90. The van der Waals surface area contributed by atoms with Gasteiger partial charge in [-0.25, -0.2) is 4.98 Å². The monoisotopic (exact) mass is 632 g/mol. The van der Waals surface area contributed by atoms with E-state index in [1.807, 2.05) is 60.1 Å². The van der Waals surface area contributed by atoms with Gasteiger partial charge in [0.1, 0.15) is 0 Å². The van der Waals surface area contributed by atoms with Crippen LogP contribution in [0.4, 0.5) is 0 Å². The quantitative estimate of drug-likeness (QED) is 0.194. The second-order valence-corrected chi connectivity index (χ2v) is 13.4. The summed E-state index contributed by atoms with van der Waals surface area (Å²) in [6.07, 6.45) is 10.3. The summed E-state index contributed by atoms with van der Waals surface area (Å²) in [5.74, 6) is 0. The number of fused-ring (bicyclic) bond motifs is 10. The zero-order valence-corrected chi connectivity index (χ0v) is 26.8. The highest BCUT2D eigenvalue weighted by molar-refractivity contribution is 7.27. The van der Waals surface area contributed by atoms with E-state index in [9.17, 15) is 0 Å². The highest BCUT2D eigenvalue weighted by Crippen LogP contribution is 2.49. The molecule has 226 valence electrons. The van der Waals surface area contributed by atoms with E-state index in [0.717, 1.165) is 41.3 Å². The number of benzene rings is 4. The predicted molar refractivity (Wildman–Crippen MR) is 201 cm³/mol. The largest absolute Gasteiger partial charge is 0.311 e. The molecule has 0 unspecified atom stereocenters. The van der Waals surface area contributed by atoms with Crippen LogP contribution in [0.15, 0.2) is 140 Å². The highest BCUT2D eigenvalue weighted by Gasteiger charge is 2.26. The minimum Gasteiger partial charge on any atom is -0.311 e. The van der Waals surface area contributed by atoms with Crippen molar-refractivity contribution in [1.82, 2.24) is 19.5 Å². The van der Waals surface area contributed by atoms with Gasteiger partial charge in [0, 0.05) is 44.5 Å². The van der Waals surface area contributed by atoms with Crippen LogP contribution in [0.2, 0.25) is 0 Å². The van der Waals surface area contributed by atoms with Gasteiger partial charge in [0.05, 0.1) is 38.7 Å². The Morgan fingerprint density at radius 2 is 1.27 bits per heavy atom. The van der Waals surface area contributed by atoms with E-state index in [4.69, 9.17) is 15.0 Å². The molecule has 4 nitrogen and oxygen atoms in total.